The summed E-state index contributed by atoms with van der Waals surface area (Å²) in [6.45, 7) is 1.81. The maximum atomic E-state index is 9.17. The SMILES string of the molecule is Br.CCC=O.c1ccncc1. The number of aldehydes is 1. The van der Waals surface area contributed by atoms with Crippen LogP contribution < -0.4 is 0 Å². The summed E-state index contributed by atoms with van der Waals surface area (Å²) >= 11 is 0. The van der Waals surface area contributed by atoms with Crippen LogP contribution in [0.2, 0.25) is 0 Å². The minimum absolute atomic E-state index is 0. The van der Waals surface area contributed by atoms with E-state index in [1.807, 2.05) is 25.1 Å². The van der Waals surface area contributed by atoms with Gasteiger partial charge in [-0.2, -0.15) is 0 Å². The number of nitrogens with zero attached hydrogens (tertiary/aromatic N) is 1. The fourth-order valence-electron chi connectivity index (χ4n) is 0.313. The van der Waals surface area contributed by atoms with Gasteiger partial charge < -0.3 is 4.79 Å². The largest absolute Gasteiger partial charge is 0.303 e. The zero-order chi connectivity index (χ0) is 7.66. The van der Waals surface area contributed by atoms with Crippen molar-refractivity contribution in [2.75, 3.05) is 0 Å². The Morgan fingerprint density at radius 1 is 1.27 bits per heavy atom. The van der Waals surface area contributed by atoms with Crippen molar-refractivity contribution in [1.29, 1.82) is 0 Å². The van der Waals surface area contributed by atoms with E-state index < -0.39 is 0 Å². The first kappa shape index (κ1) is 12.9. The molecule has 0 fully saturated rings. The van der Waals surface area contributed by atoms with Gasteiger partial charge in [-0.05, 0) is 12.1 Å². The lowest BCUT2D eigenvalue weighted by Gasteiger charge is -1.70. The van der Waals surface area contributed by atoms with Crippen molar-refractivity contribution >= 4 is 23.3 Å². The van der Waals surface area contributed by atoms with Gasteiger partial charge in [0.15, 0.2) is 0 Å². The normalized spacial score (nSPS) is 6.64. The maximum Gasteiger partial charge on any atom is 0.119 e. The van der Waals surface area contributed by atoms with Crippen LogP contribution in [0.1, 0.15) is 13.3 Å². The van der Waals surface area contributed by atoms with Crippen LogP contribution in [0, 0.1) is 0 Å². The van der Waals surface area contributed by atoms with Crippen LogP contribution in [0.25, 0.3) is 0 Å². The molecule has 0 bridgehead atoms. The van der Waals surface area contributed by atoms with Crippen LogP contribution in [0.4, 0.5) is 0 Å². The van der Waals surface area contributed by atoms with Gasteiger partial charge in [-0.3, -0.25) is 4.98 Å². The number of hydrogen-bond donors (Lipinski definition) is 0. The molecule has 1 heterocycles. The second-order valence-corrected chi connectivity index (χ2v) is 1.60. The molecule has 0 aliphatic rings. The summed E-state index contributed by atoms with van der Waals surface area (Å²) in [7, 11) is 0. The minimum atomic E-state index is 0. The molecule has 1 rings (SSSR count). The molecule has 0 aliphatic heterocycles. The Bertz CT molecular complexity index is 129. The topological polar surface area (TPSA) is 30.0 Å². The standard InChI is InChI=1S/C5H5N.C3H6O.BrH/c1-2-4-6-5-3-1;1-2-3-4;/h1-5H;3H,2H2,1H3;1H. The Balaban J connectivity index is 0. The summed E-state index contributed by atoms with van der Waals surface area (Å²) < 4.78 is 0. The predicted molar refractivity (Wildman–Crippen MR) is 50.9 cm³/mol. The Kier molecular flexibility index (Phi) is 14.1. The smallest absolute Gasteiger partial charge is 0.119 e. The lowest BCUT2D eigenvalue weighted by Crippen LogP contribution is -1.58. The Morgan fingerprint density at radius 3 is 1.82 bits per heavy atom. The van der Waals surface area contributed by atoms with Gasteiger partial charge in [0.1, 0.15) is 6.29 Å². The fraction of sp³-hybridized carbons (Fsp3) is 0.250. The van der Waals surface area contributed by atoms with E-state index >= 15 is 0 Å². The molecule has 1 aromatic heterocycles. The summed E-state index contributed by atoms with van der Waals surface area (Å²) in [5, 5.41) is 0. The summed E-state index contributed by atoms with van der Waals surface area (Å²) in [6, 6.07) is 5.72. The van der Waals surface area contributed by atoms with E-state index in [2.05, 4.69) is 4.98 Å². The average molecular weight is 218 g/mol. The van der Waals surface area contributed by atoms with Gasteiger partial charge >= 0.3 is 0 Å². The molecular formula is C8H12BrNO. The monoisotopic (exact) mass is 217 g/mol. The van der Waals surface area contributed by atoms with Gasteiger partial charge in [-0.1, -0.05) is 13.0 Å². The first-order valence-electron chi connectivity index (χ1n) is 3.20. The molecule has 0 N–H and O–H groups in total. The number of hydrogen-bond acceptors (Lipinski definition) is 2. The van der Waals surface area contributed by atoms with E-state index in [-0.39, 0.29) is 17.0 Å². The molecule has 0 unspecified atom stereocenters. The van der Waals surface area contributed by atoms with Gasteiger partial charge in [0.2, 0.25) is 0 Å². The number of aromatic nitrogens is 1. The highest BCUT2D eigenvalue weighted by atomic mass is 79.9. The van der Waals surface area contributed by atoms with Crippen LogP contribution in [0.3, 0.4) is 0 Å². The third kappa shape index (κ3) is 12.5. The maximum absolute atomic E-state index is 9.17. The fourth-order valence-corrected chi connectivity index (χ4v) is 0.313. The molecule has 0 radical (unpaired) electrons. The van der Waals surface area contributed by atoms with Crippen molar-refractivity contribution in [3.8, 4) is 0 Å². The number of carbonyl (C=O) groups excluding carboxylic acids is 1. The van der Waals surface area contributed by atoms with Gasteiger partial charge in [-0.15, -0.1) is 17.0 Å². The number of pyridine rings is 1. The molecule has 3 heteroatoms. The Labute approximate surface area is 77.4 Å². The third-order valence-electron chi connectivity index (χ3n) is 0.733. The van der Waals surface area contributed by atoms with Crippen LogP contribution in [-0.2, 0) is 4.79 Å². The molecule has 0 saturated carbocycles. The quantitative estimate of drug-likeness (QED) is 0.676. The summed E-state index contributed by atoms with van der Waals surface area (Å²) in [4.78, 5) is 13.0. The zero-order valence-corrected chi connectivity index (χ0v) is 8.15. The van der Waals surface area contributed by atoms with E-state index in [1.54, 1.807) is 12.4 Å². The van der Waals surface area contributed by atoms with Crippen molar-refractivity contribution in [3.63, 3.8) is 0 Å². The highest BCUT2D eigenvalue weighted by molar-refractivity contribution is 8.93. The molecule has 2 nitrogen and oxygen atoms in total. The molecular weight excluding hydrogens is 206 g/mol. The lowest BCUT2D eigenvalue weighted by molar-refractivity contribution is -0.107. The summed E-state index contributed by atoms with van der Waals surface area (Å²) in [5.41, 5.74) is 0. The highest BCUT2D eigenvalue weighted by Crippen LogP contribution is 1.73. The Morgan fingerprint density at radius 2 is 1.73 bits per heavy atom. The number of halogens is 1. The second kappa shape index (κ2) is 12.0. The molecule has 0 aromatic carbocycles. The minimum Gasteiger partial charge on any atom is -0.303 e. The van der Waals surface area contributed by atoms with Crippen LogP contribution >= 0.6 is 17.0 Å². The molecule has 1 aromatic rings. The van der Waals surface area contributed by atoms with Crippen molar-refractivity contribution < 1.29 is 4.79 Å². The van der Waals surface area contributed by atoms with E-state index in [1.165, 1.54) is 0 Å². The Hall–Kier alpha value is -0.700. The van der Waals surface area contributed by atoms with Crippen LogP contribution in [0.5, 0.6) is 0 Å². The molecule has 0 atom stereocenters. The number of carbonyl (C=O) groups is 1. The van der Waals surface area contributed by atoms with Crippen molar-refractivity contribution in [2.45, 2.75) is 13.3 Å². The van der Waals surface area contributed by atoms with Crippen LogP contribution in [-0.4, -0.2) is 11.3 Å². The van der Waals surface area contributed by atoms with E-state index in [0.29, 0.717) is 6.42 Å². The average Bonchev–Trinajstić information content (AvgIpc) is 2.08. The zero-order valence-electron chi connectivity index (χ0n) is 6.43. The lowest BCUT2D eigenvalue weighted by atomic mass is 10.5. The van der Waals surface area contributed by atoms with Crippen molar-refractivity contribution in [2.24, 2.45) is 0 Å². The second-order valence-electron chi connectivity index (χ2n) is 1.60. The van der Waals surface area contributed by atoms with E-state index in [4.69, 9.17) is 0 Å². The molecule has 0 amide bonds. The first-order valence-corrected chi connectivity index (χ1v) is 3.20. The van der Waals surface area contributed by atoms with E-state index in [0.717, 1.165) is 6.29 Å². The predicted octanol–water partition coefficient (Wildman–Crippen LogP) is 2.25. The van der Waals surface area contributed by atoms with Crippen LogP contribution in [0.15, 0.2) is 30.6 Å². The summed E-state index contributed by atoms with van der Waals surface area (Å²) in [5.74, 6) is 0. The molecule has 62 valence electrons. The first-order chi connectivity index (χ1) is 4.91. The van der Waals surface area contributed by atoms with Gasteiger partial charge in [-0.25, -0.2) is 0 Å². The molecule has 0 spiro atoms. The van der Waals surface area contributed by atoms with Crippen molar-refractivity contribution in [3.05, 3.63) is 30.6 Å². The highest BCUT2D eigenvalue weighted by Gasteiger charge is 1.58. The van der Waals surface area contributed by atoms with Gasteiger partial charge in [0.05, 0.1) is 0 Å². The van der Waals surface area contributed by atoms with Crippen molar-refractivity contribution in [1.82, 2.24) is 4.98 Å². The summed E-state index contributed by atoms with van der Waals surface area (Å²) in [6.07, 6.45) is 5.01. The molecule has 0 saturated heterocycles. The number of rotatable bonds is 1. The molecule has 0 aliphatic carbocycles. The van der Waals surface area contributed by atoms with E-state index in [9.17, 15) is 4.79 Å². The third-order valence-corrected chi connectivity index (χ3v) is 0.733. The molecule has 11 heavy (non-hydrogen) atoms. The van der Waals surface area contributed by atoms with Gasteiger partial charge in [0, 0.05) is 18.8 Å². The van der Waals surface area contributed by atoms with Gasteiger partial charge in [0.25, 0.3) is 0 Å².